The molecule has 0 bridgehead atoms. The van der Waals surface area contributed by atoms with Crippen LogP contribution in [0.1, 0.15) is 28.9 Å². The number of carbonyl (C=O) groups is 2. The molecule has 0 aliphatic heterocycles. The number of anilines is 2. The number of rotatable bonds is 4. The van der Waals surface area contributed by atoms with Crippen molar-refractivity contribution in [1.29, 1.82) is 0 Å². The fourth-order valence-electron chi connectivity index (χ4n) is 2.61. The number of aryl methyl sites for hydroxylation is 1. The highest BCUT2D eigenvalue weighted by molar-refractivity contribution is 6.05. The van der Waals surface area contributed by atoms with Crippen molar-refractivity contribution in [3.8, 4) is 5.69 Å². The third-order valence-electron chi connectivity index (χ3n) is 3.95. The molecule has 0 spiro atoms. The lowest BCUT2D eigenvalue weighted by molar-refractivity contribution is -0.137. The van der Waals surface area contributed by atoms with Gasteiger partial charge in [-0.25, -0.2) is 14.1 Å². The number of amides is 2. The molecule has 0 atom stereocenters. The molecule has 0 aliphatic rings. The van der Waals surface area contributed by atoms with Crippen molar-refractivity contribution in [2.75, 3.05) is 10.6 Å². The average Bonchev–Trinajstić information content (AvgIpc) is 3.04. The van der Waals surface area contributed by atoms with E-state index in [1.165, 1.54) is 35.9 Å². The van der Waals surface area contributed by atoms with E-state index in [1.807, 2.05) is 0 Å². The summed E-state index contributed by atoms with van der Waals surface area (Å²) in [5, 5.41) is 8.68. The summed E-state index contributed by atoms with van der Waals surface area (Å²) in [6.07, 6.45) is -4.65. The van der Waals surface area contributed by atoms with Crippen LogP contribution in [0.3, 0.4) is 0 Å². The molecule has 3 rings (SSSR count). The normalized spacial score (nSPS) is 11.3. The lowest BCUT2D eigenvalue weighted by Gasteiger charge is -2.14. The van der Waals surface area contributed by atoms with E-state index in [-0.39, 0.29) is 17.2 Å². The first-order valence-electron chi connectivity index (χ1n) is 8.54. The Morgan fingerprint density at radius 3 is 2.27 bits per heavy atom. The van der Waals surface area contributed by atoms with E-state index in [9.17, 15) is 27.2 Å². The van der Waals surface area contributed by atoms with Crippen LogP contribution in [-0.4, -0.2) is 26.6 Å². The van der Waals surface area contributed by atoms with Gasteiger partial charge in [-0.05, 0) is 49.4 Å². The third-order valence-corrected chi connectivity index (χ3v) is 3.95. The van der Waals surface area contributed by atoms with Gasteiger partial charge in [-0.1, -0.05) is 0 Å². The van der Waals surface area contributed by atoms with E-state index in [2.05, 4.69) is 20.7 Å². The van der Waals surface area contributed by atoms with Crippen molar-refractivity contribution in [2.45, 2.75) is 20.0 Å². The first-order valence-corrected chi connectivity index (χ1v) is 8.54. The molecule has 2 amide bonds. The third kappa shape index (κ3) is 4.62. The summed E-state index contributed by atoms with van der Waals surface area (Å²) >= 11 is 0. The van der Waals surface area contributed by atoms with Crippen LogP contribution in [-0.2, 0) is 11.0 Å². The fourth-order valence-corrected chi connectivity index (χ4v) is 2.61. The topological polar surface area (TPSA) is 88.9 Å². The number of carbonyl (C=O) groups excluding carboxylic acids is 2. The maximum Gasteiger partial charge on any atom is 0.416 e. The van der Waals surface area contributed by atoms with Gasteiger partial charge in [-0.15, -0.1) is 5.10 Å². The van der Waals surface area contributed by atoms with Crippen molar-refractivity contribution in [3.63, 3.8) is 0 Å². The molecule has 156 valence electrons. The number of nitrogens with one attached hydrogen (secondary N) is 2. The molecule has 1 aromatic heterocycles. The lowest BCUT2D eigenvalue weighted by atomic mass is 10.1. The smallest absolute Gasteiger partial charge is 0.325 e. The first-order chi connectivity index (χ1) is 14.0. The van der Waals surface area contributed by atoms with Gasteiger partial charge in [0.05, 0.1) is 22.6 Å². The highest BCUT2D eigenvalue weighted by Crippen LogP contribution is 2.34. The zero-order valence-corrected chi connectivity index (χ0v) is 15.7. The van der Waals surface area contributed by atoms with E-state index in [0.29, 0.717) is 17.6 Å². The number of hydrogen-bond donors (Lipinski definition) is 2. The van der Waals surface area contributed by atoms with Gasteiger partial charge < -0.3 is 10.6 Å². The SMILES string of the molecule is CC(=O)Nc1ccc(C(F)(F)F)cc1NC(=O)c1nc(C)n(-c2ccc(F)cc2)n1. The second-order valence-corrected chi connectivity index (χ2v) is 6.26. The second-order valence-electron chi connectivity index (χ2n) is 6.26. The van der Waals surface area contributed by atoms with Gasteiger partial charge in [0, 0.05) is 6.92 Å². The quantitative estimate of drug-likeness (QED) is 0.625. The van der Waals surface area contributed by atoms with Crippen molar-refractivity contribution in [1.82, 2.24) is 14.8 Å². The molecular weight excluding hydrogens is 406 g/mol. The van der Waals surface area contributed by atoms with E-state index in [0.717, 1.165) is 12.1 Å². The molecule has 30 heavy (non-hydrogen) atoms. The van der Waals surface area contributed by atoms with E-state index >= 15 is 0 Å². The number of halogens is 4. The molecule has 0 radical (unpaired) electrons. The summed E-state index contributed by atoms with van der Waals surface area (Å²) in [6, 6.07) is 7.80. The Labute approximate surface area is 167 Å². The van der Waals surface area contributed by atoms with E-state index in [1.54, 1.807) is 6.92 Å². The largest absolute Gasteiger partial charge is 0.416 e. The standard InChI is InChI=1S/C19H15F4N5O2/c1-10-24-17(27-28(10)14-6-4-13(20)5-7-14)18(30)26-16-9-12(19(21,22)23)3-8-15(16)25-11(2)29/h3-9H,1-2H3,(H,25,29)(H,26,30). The van der Waals surface area contributed by atoms with Crippen molar-refractivity contribution in [2.24, 2.45) is 0 Å². The van der Waals surface area contributed by atoms with Gasteiger partial charge in [0.25, 0.3) is 5.91 Å². The highest BCUT2D eigenvalue weighted by atomic mass is 19.4. The number of alkyl halides is 3. The van der Waals surface area contributed by atoms with Crippen molar-refractivity contribution in [3.05, 3.63) is 65.5 Å². The zero-order valence-electron chi connectivity index (χ0n) is 15.7. The molecule has 1 heterocycles. The Morgan fingerprint density at radius 1 is 1.00 bits per heavy atom. The molecule has 0 aliphatic carbocycles. The van der Waals surface area contributed by atoms with Gasteiger partial charge in [-0.3, -0.25) is 9.59 Å². The molecule has 0 fully saturated rings. The first kappa shape index (κ1) is 21.0. The summed E-state index contributed by atoms with van der Waals surface area (Å²) in [6.45, 7) is 2.73. The minimum Gasteiger partial charge on any atom is -0.325 e. The average molecular weight is 421 g/mol. The fraction of sp³-hybridized carbons (Fsp3) is 0.158. The molecule has 11 heteroatoms. The summed E-state index contributed by atoms with van der Waals surface area (Å²) in [5.41, 5.74) is -0.842. The van der Waals surface area contributed by atoms with Gasteiger partial charge in [-0.2, -0.15) is 13.2 Å². The second kappa shape index (κ2) is 7.93. The molecule has 0 saturated heterocycles. The Hall–Kier alpha value is -3.76. The molecule has 2 aromatic carbocycles. The van der Waals surface area contributed by atoms with Crippen LogP contribution < -0.4 is 10.6 Å². The van der Waals surface area contributed by atoms with Crippen LogP contribution in [0.25, 0.3) is 5.69 Å². The van der Waals surface area contributed by atoms with Crippen molar-refractivity contribution < 1.29 is 27.2 Å². The Balaban J connectivity index is 1.92. The van der Waals surface area contributed by atoms with Gasteiger partial charge >= 0.3 is 6.18 Å². The molecular formula is C19H15F4N5O2. The van der Waals surface area contributed by atoms with Crippen LogP contribution in [0.4, 0.5) is 28.9 Å². The van der Waals surface area contributed by atoms with Gasteiger partial charge in [0.2, 0.25) is 11.7 Å². The maximum atomic E-state index is 13.1. The predicted octanol–water partition coefficient (Wildman–Crippen LogP) is 3.94. The number of aromatic nitrogens is 3. The van der Waals surface area contributed by atoms with E-state index in [4.69, 9.17) is 0 Å². The van der Waals surface area contributed by atoms with Crippen molar-refractivity contribution >= 4 is 23.2 Å². The predicted molar refractivity (Wildman–Crippen MR) is 99.8 cm³/mol. The Morgan fingerprint density at radius 2 is 1.67 bits per heavy atom. The van der Waals surface area contributed by atoms with Crippen LogP contribution in [0, 0.1) is 12.7 Å². The minimum atomic E-state index is -4.65. The summed E-state index contributed by atoms with van der Waals surface area (Å²) < 4.78 is 53.5. The van der Waals surface area contributed by atoms with Crippen LogP contribution >= 0.6 is 0 Å². The zero-order chi connectivity index (χ0) is 22.1. The molecule has 0 saturated carbocycles. The summed E-state index contributed by atoms with van der Waals surface area (Å²) in [4.78, 5) is 27.9. The minimum absolute atomic E-state index is 0.0152. The molecule has 7 nitrogen and oxygen atoms in total. The van der Waals surface area contributed by atoms with Crippen LogP contribution in [0.5, 0.6) is 0 Å². The number of hydrogen-bond acceptors (Lipinski definition) is 4. The lowest BCUT2D eigenvalue weighted by Crippen LogP contribution is -2.18. The van der Waals surface area contributed by atoms with Crippen LogP contribution in [0.2, 0.25) is 0 Å². The monoisotopic (exact) mass is 421 g/mol. The molecule has 3 aromatic rings. The summed E-state index contributed by atoms with van der Waals surface area (Å²) in [5.74, 6) is -1.88. The van der Waals surface area contributed by atoms with Gasteiger partial charge in [0.15, 0.2) is 0 Å². The molecule has 2 N–H and O–H groups in total. The molecule has 0 unspecified atom stereocenters. The number of nitrogens with zero attached hydrogens (tertiary/aromatic N) is 3. The van der Waals surface area contributed by atoms with Crippen LogP contribution in [0.15, 0.2) is 42.5 Å². The Bertz CT molecular complexity index is 1110. The highest BCUT2D eigenvalue weighted by Gasteiger charge is 2.31. The van der Waals surface area contributed by atoms with E-state index < -0.39 is 29.4 Å². The van der Waals surface area contributed by atoms with Gasteiger partial charge in [0.1, 0.15) is 11.6 Å². The summed E-state index contributed by atoms with van der Waals surface area (Å²) in [7, 11) is 0. The Kier molecular flexibility index (Phi) is 5.54. The maximum absolute atomic E-state index is 13.1. The number of benzene rings is 2.